The van der Waals surface area contributed by atoms with E-state index in [9.17, 15) is 18.0 Å². The molecule has 0 aromatic heterocycles. The molecule has 2 aliphatic heterocycles. The molecule has 2 bridgehead atoms. The van der Waals surface area contributed by atoms with Crippen molar-refractivity contribution in [1.29, 1.82) is 0 Å². The van der Waals surface area contributed by atoms with Crippen molar-refractivity contribution in [3.8, 4) is 0 Å². The molecule has 2 fully saturated rings. The number of carbonyl (C=O) groups excluding carboxylic acids is 2. The van der Waals surface area contributed by atoms with Crippen LogP contribution in [-0.2, 0) is 24.1 Å². The number of hydrogen-bond acceptors (Lipinski definition) is 7. The second kappa shape index (κ2) is 8.68. The number of amides is 1. The van der Waals surface area contributed by atoms with Gasteiger partial charge in [0.2, 0.25) is 0 Å². The van der Waals surface area contributed by atoms with E-state index >= 15 is 0 Å². The van der Waals surface area contributed by atoms with Crippen molar-refractivity contribution in [2.75, 3.05) is 18.3 Å². The number of rotatable bonds is 5. The zero-order valence-electron chi connectivity index (χ0n) is 18.8. The molecule has 3 rings (SSSR count). The summed E-state index contributed by atoms with van der Waals surface area (Å²) in [5.41, 5.74) is 0.318. The van der Waals surface area contributed by atoms with Crippen LogP contribution in [0.15, 0.2) is 29.2 Å². The minimum atomic E-state index is -3.24. The molecule has 8 nitrogen and oxygen atoms in total. The number of carbonyl (C=O) groups is 2. The maximum absolute atomic E-state index is 12.5. The van der Waals surface area contributed by atoms with Crippen LogP contribution in [0.2, 0.25) is 0 Å². The molecule has 2 aliphatic rings. The number of piperidine rings is 1. The van der Waals surface area contributed by atoms with Crippen molar-refractivity contribution in [3.05, 3.63) is 24.3 Å². The lowest BCUT2D eigenvalue weighted by molar-refractivity contribution is -0.145. The molecule has 2 heterocycles. The van der Waals surface area contributed by atoms with Crippen molar-refractivity contribution >= 4 is 27.6 Å². The van der Waals surface area contributed by atoms with Gasteiger partial charge in [-0.2, -0.15) is 0 Å². The topological polar surface area (TPSA) is 102 Å². The van der Waals surface area contributed by atoms with Gasteiger partial charge in [-0.1, -0.05) is 0 Å². The first kappa shape index (κ1) is 23.4. The fourth-order valence-electron chi connectivity index (χ4n) is 4.71. The average molecular weight is 453 g/mol. The molecule has 2 saturated heterocycles. The van der Waals surface area contributed by atoms with Crippen LogP contribution in [0.1, 0.15) is 46.5 Å². The van der Waals surface area contributed by atoms with Crippen LogP contribution < -0.4 is 10.2 Å². The molecule has 1 N–H and O–H groups in total. The number of nitrogens with one attached hydrogen (secondary N) is 1. The fraction of sp³-hybridized carbons (Fsp3) is 0.636. The average Bonchev–Trinajstić information content (AvgIpc) is 2.93. The van der Waals surface area contributed by atoms with Crippen LogP contribution in [0, 0.1) is 5.92 Å². The number of esters is 1. The summed E-state index contributed by atoms with van der Waals surface area (Å²) < 4.78 is 33.8. The summed E-state index contributed by atoms with van der Waals surface area (Å²) in [6.07, 6.45) is 3.97. The Hall–Kier alpha value is -2.29. The molecule has 0 radical (unpaired) electrons. The van der Waals surface area contributed by atoms with Gasteiger partial charge in [-0.3, -0.25) is 0 Å². The standard InChI is InChI=1S/C22H32N2O6S/c1-22(2,3)30-21(26)23-19(20(25)29-4)14-12-16-6-7-17(13-14)24(16)15-8-10-18(11-9-15)31(5,27)28/h8-11,14,16-17,19H,6-7,12-13H2,1-5H3,(H,23,26)/t14?,16?,17?,19-/m0/s1. The number of anilines is 1. The third kappa shape index (κ3) is 5.50. The van der Waals surface area contributed by atoms with Gasteiger partial charge in [0.15, 0.2) is 9.84 Å². The molecule has 0 aliphatic carbocycles. The highest BCUT2D eigenvalue weighted by Gasteiger charge is 2.45. The molecule has 172 valence electrons. The SMILES string of the molecule is COC(=O)[C@@H](NC(=O)OC(C)(C)C)C1CC2CCC(C1)N2c1ccc(S(C)(=O)=O)cc1. The minimum absolute atomic E-state index is 0.0657. The number of hydrogen-bond donors (Lipinski definition) is 1. The van der Waals surface area contributed by atoms with Crippen molar-refractivity contribution in [1.82, 2.24) is 5.32 Å². The Bertz CT molecular complexity index is 908. The third-order valence-electron chi connectivity index (χ3n) is 5.93. The van der Waals surface area contributed by atoms with E-state index in [4.69, 9.17) is 9.47 Å². The Morgan fingerprint density at radius 3 is 2.10 bits per heavy atom. The van der Waals surface area contributed by atoms with Crippen LogP contribution in [0.3, 0.4) is 0 Å². The molecule has 2 unspecified atom stereocenters. The van der Waals surface area contributed by atoms with Crippen LogP contribution in [-0.4, -0.2) is 57.6 Å². The van der Waals surface area contributed by atoms with Crippen molar-refractivity contribution in [2.45, 2.75) is 75.1 Å². The minimum Gasteiger partial charge on any atom is -0.467 e. The van der Waals surface area contributed by atoms with E-state index < -0.39 is 33.5 Å². The largest absolute Gasteiger partial charge is 0.467 e. The monoisotopic (exact) mass is 452 g/mol. The van der Waals surface area contributed by atoms with Gasteiger partial charge in [-0.05, 0) is 76.6 Å². The zero-order valence-corrected chi connectivity index (χ0v) is 19.6. The molecular weight excluding hydrogens is 420 g/mol. The molecule has 3 atom stereocenters. The predicted octanol–water partition coefficient (Wildman–Crippen LogP) is 2.90. The summed E-state index contributed by atoms with van der Waals surface area (Å²) in [4.78, 5) is 27.4. The maximum atomic E-state index is 12.5. The Kier molecular flexibility index (Phi) is 6.55. The molecule has 0 spiro atoms. The van der Waals surface area contributed by atoms with Gasteiger partial charge in [-0.25, -0.2) is 18.0 Å². The van der Waals surface area contributed by atoms with Gasteiger partial charge in [0, 0.05) is 24.0 Å². The lowest BCUT2D eigenvalue weighted by atomic mass is 9.84. The van der Waals surface area contributed by atoms with Crippen molar-refractivity contribution in [2.24, 2.45) is 5.92 Å². The van der Waals surface area contributed by atoms with E-state index in [0.717, 1.165) is 31.4 Å². The molecule has 1 amide bonds. The maximum Gasteiger partial charge on any atom is 0.408 e. The first-order chi connectivity index (χ1) is 14.4. The molecular formula is C22H32N2O6S. The van der Waals surface area contributed by atoms with Gasteiger partial charge in [0.05, 0.1) is 12.0 Å². The number of ether oxygens (including phenoxy) is 2. The molecule has 0 saturated carbocycles. The Balaban J connectivity index is 1.75. The van der Waals surface area contributed by atoms with Gasteiger partial charge < -0.3 is 19.7 Å². The number of alkyl carbamates (subject to hydrolysis) is 1. The summed E-state index contributed by atoms with van der Waals surface area (Å²) in [6, 6.07) is 6.62. The highest BCUT2D eigenvalue weighted by Crippen LogP contribution is 2.43. The number of methoxy groups -OCH3 is 1. The van der Waals surface area contributed by atoms with Crippen molar-refractivity contribution < 1.29 is 27.5 Å². The molecule has 1 aromatic carbocycles. The van der Waals surface area contributed by atoms with Crippen LogP contribution in [0.4, 0.5) is 10.5 Å². The second-order valence-electron chi connectivity index (χ2n) is 9.44. The molecule has 1 aromatic rings. The van der Waals surface area contributed by atoms with Gasteiger partial charge >= 0.3 is 12.1 Å². The van der Waals surface area contributed by atoms with Gasteiger partial charge in [0.1, 0.15) is 11.6 Å². The van der Waals surface area contributed by atoms with Gasteiger partial charge in [-0.15, -0.1) is 0 Å². The van der Waals surface area contributed by atoms with Gasteiger partial charge in [0.25, 0.3) is 0 Å². The van der Waals surface area contributed by atoms with Crippen LogP contribution in [0.5, 0.6) is 0 Å². The van der Waals surface area contributed by atoms with Crippen LogP contribution >= 0.6 is 0 Å². The zero-order chi connectivity index (χ0) is 23.0. The number of sulfone groups is 1. The van der Waals surface area contributed by atoms with E-state index in [2.05, 4.69) is 10.2 Å². The summed E-state index contributed by atoms with van der Waals surface area (Å²) in [5, 5.41) is 2.72. The Morgan fingerprint density at radius 1 is 1.10 bits per heavy atom. The molecule has 31 heavy (non-hydrogen) atoms. The van der Waals surface area contributed by atoms with Crippen molar-refractivity contribution in [3.63, 3.8) is 0 Å². The third-order valence-corrected chi connectivity index (χ3v) is 7.06. The van der Waals surface area contributed by atoms with E-state index in [-0.39, 0.29) is 18.0 Å². The summed E-state index contributed by atoms with van der Waals surface area (Å²) in [6.45, 7) is 5.31. The lowest BCUT2D eigenvalue weighted by Crippen LogP contribution is -2.53. The second-order valence-corrected chi connectivity index (χ2v) is 11.5. The summed E-state index contributed by atoms with van der Waals surface area (Å²) >= 11 is 0. The molecule has 9 heteroatoms. The first-order valence-corrected chi connectivity index (χ1v) is 12.4. The van der Waals surface area contributed by atoms with E-state index in [1.54, 1.807) is 32.9 Å². The van der Waals surface area contributed by atoms with Crippen LogP contribution in [0.25, 0.3) is 0 Å². The normalized spacial score (nSPS) is 24.4. The highest BCUT2D eigenvalue weighted by atomic mass is 32.2. The first-order valence-electron chi connectivity index (χ1n) is 10.5. The number of nitrogens with zero attached hydrogens (tertiary/aromatic N) is 1. The predicted molar refractivity (Wildman–Crippen MR) is 117 cm³/mol. The van der Waals surface area contributed by atoms with E-state index in [1.165, 1.54) is 13.4 Å². The van der Waals surface area contributed by atoms with E-state index in [1.807, 2.05) is 12.1 Å². The lowest BCUT2D eigenvalue weighted by Gasteiger charge is -2.42. The Labute approximate surface area is 184 Å². The Morgan fingerprint density at radius 2 is 1.65 bits per heavy atom. The number of benzene rings is 1. The fourth-order valence-corrected chi connectivity index (χ4v) is 5.34. The smallest absolute Gasteiger partial charge is 0.408 e. The summed E-state index contributed by atoms with van der Waals surface area (Å²) in [7, 11) is -1.92. The number of fused-ring (bicyclic) bond motifs is 2. The van der Waals surface area contributed by atoms with E-state index in [0.29, 0.717) is 4.90 Å². The quantitative estimate of drug-likeness (QED) is 0.685. The summed E-state index contributed by atoms with van der Waals surface area (Å²) in [5.74, 6) is -0.537. The highest BCUT2D eigenvalue weighted by molar-refractivity contribution is 7.90.